The summed E-state index contributed by atoms with van der Waals surface area (Å²) >= 11 is 15.6. The van der Waals surface area contributed by atoms with Gasteiger partial charge in [0.25, 0.3) is 0 Å². The molecule has 0 unspecified atom stereocenters. The van der Waals surface area contributed by atoms with Crippen molar-refractivity contribution in [1.82, 2.24) is 9.55 Å². The van der Waals surface area contributed by atoms with Crippen LogP contribution in [0.4, 0.5) is 0 Å². The molecule has 96 valence electrons. The van der Waals surface area contributed by atoms with Crippen molar-refractivity contribution < 1.29 is 0 Å². The average molecular weight is 356 g/mol. The molecule has 2 nitrogen and oxygen atoms in total. The molecule has 1 heterocycles. The van der Waals surface area contributed by atoms with Crippen molar-refractivity contribution in [3.8, 4) is 0 Å². The molecule has 3 aromatic rings. The Morgan fingerprint density at radius 1 is 1.05 bits per heavy atom. The summed E-state index contributed by atoms with van der Waals surface area (Å²) < 4.78 is 2.99. The van der Waals surface area contributed by atoms with E-state index < -0.39 is 0 Å². The molecule has 0 aliphatic heterocycles. The van der Waals surface area contributed by atoms with Gasteiger partial charge in [0.2, 0.25) is 5.28 Å². The van der Waals surface area contributed by atoms with Crippen LogP contribution in [-0.4, -0.2) is 9.55 Å². The van der Waals surface area contributed by atoms with E-state index in [2.05, 4.69) is 20.9 Å². The molecule has 2 aromatic carbocycles. The Morgan fingerprint density at radius 3 is 2.53 bits per heavy atom. The Balaban J connectivity index is 2.06. The summed E-state index contributed by atoms with van der Waals surface area (Å²) in [5, 5.41) is 1.22. The second-order valence-corrected chi connectivity index (χ2v) is 5.92. The third-order valence-corrected chi connectivity index (χ3v) is 3.95. The van der Waals surface area contributed by atoms with Crippen LogP contribution in [0.15, 0.2) is 46.9 Å². The van der Waals surface area contributed by atoms with Crippen molar-refractivity contribution in [2.45, 2.75) is 6.54 Å². The highest BCUT2D eigenvalue weighted by Gasteiger charge is 2.09. The van der Waals surface area contributed by atoms with E-state index in [9.17, 15) is 0 Å². The Hall–Kier alpha value is -1.03. The van der Waals surface area contributed by atoms with Crippen LogP contribution in [0.1, 0.15) is 5.56 Å². The molecule has 0 N–H and O–H groups in total. The molecule has 0 aliphatic carbocycles. The van der Waals surface area contributed by atoms with Crippen molar-refractivity contribution in [1.29, 1.82) is 0 Å². The number of halogens is 3. The third-order valence-electron chi connectivity index (χ3n) is 2.92. The highest BCUT2D eigenvalue weighted by atomic mass is 79.9. The zero-order chi connectivity index (χ0) is 13.4. The summed E-state index contributed by atoms with van der Waals surface area (Å²) in [5.41, 5.74) is 3.03. The maximum absolute atomic E-state index is 6.21. The molecular weight excluding hydrogens is 347 g/mol. The molecule has 0 saturated carbocycles. The topological polar surface area (TPSA) is 17.8 Å². The average Bonchev–Trinajstić information content (AvgIpc) is 2.69. The predicted octanol–water partition coefficient (Wildman–Crippen LogP) is 5.15. The van der Waals surface area contributed by atoms with Crippen molar-refractivity contribution >= 4 is 50.2 Å². The zero-order valence-electron chi connectivity index (χ0n) is 9.78. The van der Waals surface area contributed by atoms with Crippen LogP contribution < -0.4 is 0 Å². The molecular formula is C14H9BrCl2N2. The largest absolute Gasteiger partial charge is 0.310 e. The first-order chi connectivity index (χ1) is 9.13. The van der Waals surface area contributed by atoms with E-state index in [1.807, 2.05) is 47.0 Å². The van der Waals surface area contributed by atoms with Gasteiger partial charge in [-0.25, -0.2) is 4.98 Å². The first-order valence-electron chi connectivity index (χ1n) is 5.69. The van der Waals surface area contributed by atoms with Crippen molar-refractivity contribution in [2.75, 3.05) is 0 Å². The lowest BCUT2D eigenvalue weighted by atomic mass is 10.2. The minimum Gasteiger partial charge on any atom is -0.310 e. The molecule has 0 aliphatic rings. The first kappa shape index (κ1) is 13.0. The van der Waals surface area contributed by atoms with E-state index in [1.54, 1.807) is 0 Å². The van der Waals surface area contributed by atoms with E-state index in [0.29, 0.717) is 11.8 Å². The van der Waals surface area contributed by atoms with Gasteiger partial charge in [-0.15, -0.1) is 0 Å². The molecule has 0 fully saturated rings. The Labute approximate surface area is 129 Å². The van der Waals surface area contributed by atoms with Gasteiger partial charge in [-0.3, -0.25) is 0 Å². The number of rotatable bonds is 2. The fraction of sp³-hybridized carbons (Fsp3) is 0.0714. The molecule has 0 amide bonds. The fourth-order valence-corrected chi connectivity index (χ4v) is 2.71. The van der Waals surface area contributed by atoms with E-state index in [1.165, 1.54) is 0 Å². The second kappa shape index (κ2) is 5.16. The quantitative estimate of drug-likeness (QED) is 0.621. The molecule has 0 saturated heterocycles. The van der Waals surface area contributed by atoms with E-state index in [4.69, 9.17) is 23.2 Å². The number of fused-ring (bicyclic) bond motifs is 1. The lowest BCUT2D eigenvalue weighted by Crippen LogP contribution is -1.99. The summed E-state index contributed by atoms with van der Waals surface area (Å²) in [6, 6.07) is 13.6. The van der Waals surface area contributed by atoms with Gasteiger partial charge in [0.1, 0.15) is 0 Å². The van der Waals surface area contributed by atoms with Crippen LogP contribution in [0.2, 0.25) is 10.3 Å². The number of aromatic nitrogens is 2. The maximum atomic E-state index is 6.21. The Bertz CT molecular complexity index is 735. The zero-order valence-corrected chi connectivity index (χ0v) is 12.9. The summed E-state index contributed by atoms with van der Waals surface area (Å²) in [4.78, 5) is 4.35. The van der Waals surface area contributed by atoms with Gasteiger partial charge in [0.05, 0.1) is 17.6 Å². The smallest absolute Gasteiger partial charge is 0.204 e. The van der Waals surface area contributed by atoms with Crippen LogP contribution in [0.5, 0.6) is 0 Å². The highest BCUT2D eigenvalue weighted by molar-refractivity contribution is 9.10. The lowest BCUT2D eigenvalue weighted by molar-refractivity contribution is 0.825. The highest BCUT2D eigenvalue weighted by Crippen LogP contribution is 2.24. The van der Waals surface area contributed by atoms with Gasteiger partial charge in [0, 0.05) is 9.50 Å². The number of hydrogen-bond donors (Lipinski definition) is 0. The standard InChI is InChI=1S/C14H9BrCl2N2/c15-10-3-6-12-13(7-10)19(14(17)18-12)8-9-1-4-11(16)5-2-9/h1-7H,8H2. The van der Waals surface area contributed by atoms with Crippen LogP contribution in [0, 0.1) is 0 Å². The van der Waals surface area contributed by atoms with Crippen molar-refractivity contribution in [2.24, 2.45) is 0 Å². The van der Waals surface area contributed by atoms with Gasteiger partial charge in [-0.05, 0) is 47.5 Å². The minimum absolute atomic E-state index is 0.489. The van der Waals surface area contributed by atoms with Crippen LogP contribution >= 0.6 is 39.1 Å². The number of hydrogen-bond acceptors (Lipinski definition) is 1. The summed E-state index contributed by atoms with van der Waals surface area (Å²) in [6.45, 7) is 0.670. The van der Waals surface area contributed by atoms with E-state index in [0.717, 1.165) is 26.1 Å². The van der Waals surface area contributed by atoms with Gasteiger partial charge in [-0.1, -0.05) is 39.7 Å². The lowest BCUT2D eigenvalue weighted by Gasteiger charge is -2.06. The second-order valence-electron chi connectivity index (χ2n) is 4.23. The third kappa shape index (κ3) is 2.64. The molecule has 3 rings (SSSR count). The molecule has 19 heavy (non-hydrogen) atoms. The van der Waals surface area contributed by atoms with Crippen LogP contribution in [0.25, 0.3) is 11.0 Å². The van der Waals surface area contributed by atoms with Gasteiger partial charge >= 0.3 is 0 Å². The van der Waals surface area contributed by atoms with Gasteiger partial charge in [-0.2, -0.15) is 0 Å². The van der Waals surface area contributed by atoms with Crippen molar-refractivity contribution in [3.63, 3.8) is 0 Å². The molecule has 0 spiro atoms. The molecule has 0 radical (unpaired) electrons. The number of nitrogens with zero attached hydrogens (tertiary/aromatic N) is 2. The summed E-state index contributed by atoms with van der Waals surface area (Å²) in [5.74, 6) is 0. The molecule has 5 heteroatoms. The molecule has 0 bridgehead atoms. The van der Waals surface area contributed by atoms with E-state index in [-0.39, 0.29) is 0 Å². The summed E-state index contributed by atoms with van der Waals surface area (Å²) in [6.07, 6.45) is 0. The van der Waals surface area contributed by atoms with Crippen molar-refractivity contribution in [3.05, 3.63) is 62.8 Å². The predicted molar refractivity (Wildman–Crippen MR) is 83.0 cm³/mol. The van der Waals surface area contributed by atoms with Crippen LogP contribution in [0.3, 0.4) is 0 Å². The van der Waals surface area contributed by atoms with E-state index >= 15 is 0 Å². The molecule has 0 atom stereocenters. The normalized spacial score (nSPS) is 11.1. The minimum atomic E-state index is 0.489. The number of imidazole rings is 1. The fourth-order valence-electron chi connectivity index (χ4n) is 1.99. The monoisotopic (exact) mass is 354 g/mol. The molecule has 1 aromatic heterocycles. The van der Waals surface area contributed by atoms with Gasteiger partial charge < -0.3 is 4.57 Å². The number of benzene rings is 2. The Morgan fingerprint density at radius 2 is 1.79 bits per heavy atom. The summed E-state index contributed by atoms with van der Waals surface area (Å²) in [7, 11) is 0. The van der Waals surface area contributed by atoms with Crippen LogP contribution in [-0.2, 0) is 6.54 Å². The first-order valence-corrected chi connectivity index (χ1v) is 7.24. The Kier molecular flexibility index (Phi) is 3.52. The SMILES string of the molecule is Clc1ccc(Cn2c(Cl)nc3ccc(Br)cc32)cc1. The van der Waals surface area contributed by atoms with Gasteiger partial charge in [0.15, 0.2) is 0 Å². The maximum Gasteiger partial charge on any atom is 0.204 e.